The molecule has 1 aliphatic heterocycles. The molecule has 1 N–H and O–H groups in total. The molecule has 1 aliphatic rings. The van der Waals surface area contributed by atoms with Gasteiger partial charge in [0.05, 0.1) is 11.7 Å². The zero-order valence-electron chi connectivity index (χ0n) is 15.6. The van der Waals surface area contributed by atoms with E-state index in [1.54, 1.807) is 13.0 Å². The summed E-state index contributed by atoms with van der Waals surface area (Å²) in [6.45, 7) is 2.96. The van der Waals surface area contributed by atoms with Crippen LogP contribution in [0.15, 0.2) is 47.4 Å². The summed E-state index contributed by atoms with van der Waals surface area (Å²) in [7, 11) is 0. The highest BCUT2D eigenvalue weighted by Crippen LogP contribution is 2.54. The summed E-state index contributed by atoms with van der Waals surface area (Å²) in [5.74, 6) is -2.42. The Labute approximate surface area is 169 Å². The summed E-state index contributed by atoms with van der Waals surface area (Å²) in [5, 5.41) is 0. The highest BCUT2D eigenvalue weighted by Gasteiger charge is 2.72. The van der Waals surface area contributed by atoms with Crippen molar-refractivity contribution in [3.05, 3.63) is 63.3 Å². The number of aromatic nitrogens is 2. The molecule has 29 heavy (non-hydrogen) atoms. The number of carbonyl (C=O) groups is 1. The number of aromatic amines is 1. The van der Waals surface area contributed by atoms with Crippen LogP contribution < -0.4 is 5.69 Å². The number of halogens is 3. The maximum absolute atomic E-state index is 14.5. The highest BCUT2D eigenvalue weighted by molar-refractivity contribution is 7.71. The van der Waals surface area contributed by atoms with E-state index in [4.69, 9.17) is 21.7 Å². The zero-order valence-corrected chi connectivity index (χ0v) is 16.4. The number of hydrogen-bond acceptors (Lipinski definition) is 5. The van der Waals surface area contributed by atoms with E-state index < -0.39 is 41.7 Å². The van der Waals surface area contributed by atoms with Crippen molar-refractivity contribution >= 4 is 18.2 Å². The van der Waals surface area contributed by atoms with Crippen molar-refractivity contribution in [2.45, 2.75) is 44.4 Å². The van der Waals surface area contributed by atoms with E-state index in [9.17, 15) is 22.8 Å². The standard InChI is InChI=1S/C19H19F3N2O4S/c1-3-13-11(2)18(19(20,21)22,28-15(25)12-7-5-4-6-8-12)16(27-13)24-10-9-14(29)23-17(24)26/h4-11,13,16H,3H2,1-2H3,(H,23,26,29)/t11-,13+,16+,18?/m0/s1. The van der Waals surface area contributed by atoms with Crippen LogP contribution in [0.2, 0.25) is 0 Å². The Bertz CT molecular complexity index is 1000. The van der Waals surface area contributed by atoms with Crippen LogP contribution in [0.5, 0.6) is 0 Å². The summed E-state index contributed by atoms with van der Waals surface area (Å²) in [4.78, 5) is 27.2. The topological polar surface area (TPSA) is 73.3 Å². The van der Waals surface area contributed by atoms with Crippen molar-refractivity contribution in [1.29, 1.82) is 0 Å². The quantitative estimate of drug-likeness (QED) is 0.589. The first-order valence-electron chi connectivity index (χ1n) is 8.94. The molecular formula is C19H19F3N2O4S. The fourth-order valence-corrected chi connectivity index (χ4v) is 3.75. The summed E-state index contributed by atoms with van der Waals surface area (Å²) in [5.41, 5.74) is -4.00. The molecule has 1 saturated heterocycles. The van der Waals surface area contributed by atoms with Crippen molar-refractivity contribution in [3.63, 3.8) is 0 Å². The van der Waals surface area contributed by atoms with Crippen LogP contribution >= 0.6 is 12.2 Å². The second-order valence-corrected chi connectivity index (χ2v) is 7.23. The Morgan fingerprint density at radius 1 is 1.31 bits per heavy atom. The number of alkyl halides is 3. The molecule has 2 aromatic rings. The molecule has 2 heterocycles. The molecule has 1 aromatic heterocycles. The third-order valence-corrected chi connectivity index (χ3v) is 5.36. The Balaban J connectivity index is 2.17. The lowest BCUT2D eigenvalue weighted by atomic mass is 9.84. The van der Waals surface area contributed by atoms with E-state index in [0.29, 0.717) is 0 Å². The predicted molar refractivity (Wildman–Crippen MR) is 99.9 cm³/mol. The third-order valence-electron chi connectivity index (χ3n) is 5.12. The van der Waals surface area contributed by atoms with Crippen LogP contribution in [0.3, 0.4) is 0 Å². The Morgan fingerprint density at radius 3 is 2.52 bits per heavy atom. The normalized spacial score (nSPS) is 27.0. The summed E-state index contributed by atoms with van der Waals surface area (Å²) >= 11 is 4.85. The van der Waals surface area contributed by atoms with E-state index in [2.05, 4.69) is 4.98 Å². The van der Waals surface area contributed by atoms with Gasteiger partial charge in [0, 0.05) is 12.1 Å². The lowest BCUT2D eigenvalue weighted by molar-refractivity contribution is -0.294. The van der Waals surface area contributed by atoms with Gasteiger partial charge in [-0.3, -0.25) is 9.55 Å². The number of hydrogen-bond donors (Lipinski definition) is 1. The Morgan fingerprint density at radius 2 is 1.97 bits per heavy atom. The van der Waals surface area contributed by atoms with Gasteiger partial charge in [-0.05, 0) is 24.6 Å². The Hall–Kier alpha value is -2.46. The molecular weight excluding hydrogens is 409 g/mol. The number of nitrogens with one attached hydrogen (secondary N) is 1. The zero-order chi connectivity index (χ0) is 21.4. The fraction of sp³-hybridized carbons (Fsp3) is 0.421. The first-order chi connectivity index (χ1) is 13.6. The number of carbonyl (C=O) groups excluding carboxylic acids is 1. The smallest absolute Gasteiger partial charge is 0.433 e. The first-order valence-corrected chi connectivity index (χ1v) is 9.34. The van der Waals surface area contributed by atoms with E-state index in [0.717, 1.165) is 10.8 Å². The van der Waals surface area contributed by atoms with Gasteiger partial charge in [-0.1, -0.05) is 44.3 Å². The van der Waals surface area contributed by atoms with Gasteiger partial charge in [0.1, 0.15) is 4.64 Å². The molecule has 6 nitrogen and oxygen atoms in total. The summed E-state index contributed by atoms with van der Waals surface area (Å²) < 4.78 is 55.1. The minimum absolute atomic E-state index is 0.0400. The second-order valence-electron chi connectivity index (χ2n) is 6.79. The summed E-state index contributed by atoms with van der Waals surface area (Å²) in [6.07, 6.45) is -6.48. The van der Waals surface area contributed by atoms with Gasteiger partial charge in [0.25, 0.3) is 5.60 Å². The molecule has 3 rings (SSSR count). The first kappa shape index (κ1) is 21.3. The fourth-order valence-electron chi connectivity index (χ4n) is 3.61. The largest absolute Gasteiger partial charge is 0.440 e. The number of benzene rings is 1. The van der Waals surface area contributed by atoms with Gasteiger partial charge in [-0.25, -0.2) is 9.59 Å². The van der Waals surface area contributed by atoms with Crippen LogP contribution in [0.25, 0.3) is 0 Å². The maximum atomic E-state index is 14.5. The highest BCUT2D eigenvalue weighted by atomic mass is 32.1. The van der Waals surface area contributed by atoms with Crippen molar-refractivity contribution in [1.82, 2.24) is 9.55 Å². The van der Waals surface area contributed by atoms with Crippen molar-refractivity contribution in [2.24, 2.45) is 5.92 Å². The lowest BCUT2D eigenvalue weighted by Crippen LogP contribution is -2.58. The summed E-state index contributed by atoms with van der Waals surface area (Å²) in [6, 6.07) is 8.62. The molecule has 1 fully saturated rings. The molecule has 0 bridgehead atoms. The van der Waals surface area contributed by atoms with E-state index >= 15 is 0 Å². The third kappa shape index (κ3) is 3.62. The maximum Gasteiger partial charge on any atom is 0.433 e. The molecule has 0 amide bonds. The monoisotopic (exact) mass is 428 g/mol. The minimum atomic E-state index is -5.02. The average molecular weight is 428 g/mol. The van der Waals surface area contributed by atoms with E-state index in [1.807, 2.05) is 0 Å². The molecule has 0 aliphatic carbocycles. The van der Waals surface area contributed by atoms with Crippen molar-refractivity contribution < 1.29 is 27.4 Å². The van der Waals surface area contributed by atoms with Gasteiger partial charge >= 0.3 is 17.8 Å². The van der Waals surface area contributed by atoms with Gasteiger partial charge in [-0.15, -0.1) is 0 Å². The van der Waals surface area contributed by atoms with Crippen LogP contribution in [0.1, 0.15) is 36.9 Å². The van der Waals surface area contributed by atoms with Crippen LogP contribution in [-0.2, 0) is 9.47 Å². The van der Waals surface area contributed by atoms with E-state index in [-0.39, 0.29) is 16.6 Å². The number of rotatable bonds is 4. The molecule has 1 aromatic carbocycles. The van der Waals surface area contributed by atoms with Crippen LogP contribution in [0, 0.1) is 10.6 Å². The number of nitrogens with zero attached hydrogens (tertiary/aromatic N) is 1. The minimum Gasteiger partial charge on any atom is -0.440 e. The number of esters is 1. The SMILES string of the molecule is CC[C@H]1O[C@@H](n2ccc(=S)[nH]c2=O)C(OC(=O)c2ccccc2)(C(F)(F)F)[C@H]1C. The molecule has 10 heteroatoms. The van der Waals surface area contributed by atoms with Crippen molar-refractivity contribution in [3.8, 4) is 0 Å². The molecule has 4 atom stereocenters. The lowest BCUT2D eigenvalue weighted by Gasteiger charge is -2.38. The Kier molecular flexibility index (Phi) is 5.68. The predicted octanol–water partition coefficient (Wildman–Crippen LogP) is 4.01. The van der Waals surface area contributed by atoms with E-state index in [1.165, 1.54) is 37.3 Å². The van der Waals surface area contributed by atoms with Crippen LogP contribution in [0.4, 0.5) is 13.2 Å². The molecule has 0 spiro atoms. The van der Waals surface area contributed by atoms with Gasteiger partial charge < -0.3 is 9.47 Å². The molecule has 0 radical (unpaired) electrons. The second kappa shape index (κ2) is 7.75. The molecule has 0 saturated carbocycles. The molecule has 1 unspecified atom stereocenters. The molecule has 156 valence electrons. The van der Waals surface area contributed by atoms with Gasteiger partial charge in [0.15, 0.2) is 6.23 Å². The average Bonchev–Trinajstić information content (AvgIpc) is 2.95. The number of ether oxygens (including phenoxy) is 2. The van der Waals surface area contributed by atoms with Crippen LogP contribution in [-0.4, -0.2) is 33.4 Å². The van der Waals surface area contributed by atoms with Crippen molar-refractivity contribution in [2.75, 3.05) is 0 Å². The number of H-pyrrole nitrogens is 1. The van der Waals surface area contributed by atoms with Gasteiger partial charge in [-0.2, -0.15) is 13.2 Å². The van der Waals surface area contributed by atoms with Gasteiger partial charge in [0.2, 0.25) is 0 Å².